The van der Waals surface area contributed by atoms with Crippen LogP contribution in [0.25, 0.3) is 17.0 Å². The number of fused-ring (bicyclic) bond motifs is 1. The second-order valence-electron chi connectivity index (χ2n) is 5.74. The van der Waals surface area contributed by atoms with Crippen LogP contribution in [0.4, 0.5) is 0 Å². The molecule has 0 amide bonds. The first-order valence-corrected chi connectivity index (χ1v) is 8.21. The lowest BCUT2D eigenvalue weighted by atomic mass is 10.1. The molecule has 0 spiro atoms. The lowest BCUT2D eigenvalue weighted by Gasteiger charge is -2.09. The number of nitriles is 1. The Morgan fingerprint density at radius 3 is 2.54 bits per heavy atom. The van der Waals surface area contributed by atoms with Gasteiger partial charge in [-0.3, -0.25) is 4.98 Å². The number of benzene rings is 2. The fourth-order valence-electron chi connectivity index (χ4n) is 2.72. The van der Waals surface area contributed by atoms with Gasteiger partial charge in [0.2, 0.25) is 5.88 Å². The van der Waals surface area contributed by atoms with Crippen molar-refractivity contribution in [3.63, 3.8) is 0 Å². The standard InChI is InChI=1S/C20H15N5O/c21-12-16-6-8-17(9-7-16)20-24-23-18-13-22-14-19(25(18)20)26-11-10-15-4-2-1-3-5-15/h1-9,13-14H,10-11H2. The fourth-order valence-corrected chi connectivity index (χ4v) is 2.72. The zero-order chi connectivity index (χ0) is 17.8. The number of ether oxygens (including phenoxy) is 1. The Labute approximate surface area is 150 Å². The van der Waals surface area contributed by atoms with E-state index < -0.39 is 0 Å². The minimum absolute atomic E-state index is 0.524. The van der Waals surface area contributed by atoms with Crippen LogP contribution in [0, 0.1) is 11.3 Å². The molecular formula is C20H15N5O. The summed E-state index contributed by atoms with van der Waals surface area (Å²) in [5.41, 5.74) is 3.28. The first-order chi connectivity index (χ1) is 12.8. The molecule has 0 saturated heterocycles. The molecule has 4 aromatic rings. The third-order valence-electron chi connectivity index (χ3n) is 4.04. The molecule has 26 heavy (non-hydrogen) atoms. The van der Waals surface area contributed by atoms with Crippen LogP contribution >= 0.6 is 0 Å². The molecule has 0 N–H and O–H groups in total. The quantitative estimate of drug-likeness (QED) is 0.557. The Morgan fingerprint density at radius 1 is 0.962 bits per heavy atom. The molecule has 126 valence electrons. The van der Waals surface area contributed by atoms with Gasteiger partial charge in [0.1, 0.15) is 0 Å². The van der Waals surface area contributed by atoms with Gasteiger partial charge in [0.25, 0.3) is 0 Å². The van der Waals surface area contributed by atoms with Gasteiger partial charge < -0.3 is 4.74 Å². The Balaban J connectivity index is 1.62. The van der Waals surface area contributed by atoms with E-state index in [9.17, 15) is 0 Å². The predicted molar refractivity (Wildman–Crippen MR) is 96.6 cm³/mol. The van der Waals surface area contributed by atoms with Gasteiger partial charge in [0, 0.05) is 12.0 Å². The van der Waals surface area contributed by atoms with Crippen molar-refractivity contribution >= 4 is 5.65 Å². The maximum Gasteiger partial charge on any atom is 0.220 e. The van der Waals surface area contributed by atoms with E-state index in [4.69, 9.17) is 10.00 Å². The summed E-state index contributed by atoms with van der Waals surface area (Å²) in [6.07, 6.45) is 4.10. The van der Waals surface area contributed by atoms with Crippen molar-refractivity contribution in [2.75, 3.05) is 6.61 Å². The summed E-state index contributed by atoms with van der Waals surface area (Å²) in [7, 11) is 0. The van der Waals surface area contributed by atoms with Crippen molar-refractivity contribution in [3.05, 3.63) is 78.1 Å². The van der Waals surface area contributed by atoms with E-state index in [0.29, 0.717) is 29.5 Å². The normalized spacial score (nSPS) is 10.6. The lowest BCUT2D eigenvalue weighted by Crippen LogP contribution is -2.06. The zero-order valence-corrected chi connectivity index (χ0v) is 13.9. The average Bonchev–Trinajstić information content (AvgIpc) is 3.14. The molecule has 0 bridgehead atoms. The second kappa shape index (κ2) is 7.03. The van der Waals surface area contributed by atoms with E-state index in [1.54, 1.807) is 24.5 Å². The molecule has 0 atom stereocenters. The highest BCUT2D eigenvalue weighted by molar-refractivity contribution is 5.61. The molecule has 0 fully saturated rings. The van der Waals surface area contributed by atoms with Gasteiger partial charge in [-0.05, 0) is 29.8 Å². The maximum atomic E-state index is 8.95. The maximum absolute atomic E-state index is 8.95. The Morgan fingerprint density at radius 2 is 1.77 bits per heavy atom. The van der Waals surface area contributed by atoms with E-state index in [1.807, 2.05) is 34.7 Å². The highest BCUT2D eigenvalue weighted by atomic mass is 16.5. The molecule has 4 rings (SSSR count). The first kappa shape index (κ1) is 15.8. The Kier molecular flexibility index (Phi) is 4.27. The van der Waals surface area contributed by atoms with Gasteiger partial charge in [0.15, 0.2) is 11.5 Å². The molecule has 0 saturated carbocycles. The van der Waals surface area contributed by atoms with Gasteiger partial charge >= 0.3 is 0 Å². The highest BCUT2D eigenvalue weighted by Gasteiger charge is 2.13. The SMILES string of the molecule is N#Cc1ccc(-c2nnc3cncc(OCCc4ccccc4)n23)cc1. The average molecular weight is 341 g/mol. The van der Waals surface area contributed by atoms with E-state index in [0.717, 1.165) is 12.0 Å². The molecule has 0 radical (unpaired) electrons. The molecule has 6 nitrogen and oxygen atoms in total. The van der Waals surface area contributed by atoms with Crippen molar-refractivity contribution < 1.29 is 4.74 Å². The van der Waals surface area contributed by atoms with Gasteiger partial charge in [-0.15, -0.1) is 10.2 Å². The summed E-state index contributed by atoms with van der Waals surface area (Å²) in [4.78, 5) is 4.18. The predicted octanol–water partition coefficient (Wildman–Crippen LogP) is 3.28. The lowest BCUT2D eigenvalue weighted by molar-refractivity contribution is 0.304. The highest BCUT2D eigenvalue weighted by Crippen LogP contribution is 2.23. The monoisotopic (exact) mass is 341 g/mol. The van der Waals surface area contributed by atoms with Gasteiger partial charge in [-0.1, -0.05) is 30.3 Å². The van der Waals surface area contributed by atoms with Crippen LogP contribution in [0.15, 0.2) is 67.0 Å². The summed E-state index contributed by atoms with van der Waals surface area (Å²) >= 11 is 0. The van der Waals surface area contributed by atoms with Crippen LogP contribution in [0.1, 0.15) is 11.1 Å². The van der Waals surface area contributed by atoms with Crippen molar-refractivity contribution in [1.29, 1.82) is 5.26 Å². The molecular weight excluding hydrogens is 326 g/mol. The Bertz CT molecular complexity index is 1070. The van der Waals surface area contributed by atoms with Crippen LogP contribution in [-0.4, -0.2) is 26.2 Å². The second-order valence-corrected chi connectivity index (χ2v) is 5.74. The third kappa shape index (κ3) is 3.10. The van der Waals surface area contributed by atoms with Crippen LogP contribution in [0.2, 0.25) is 0 Å². The van der Waals surface area contributed by atoms with Crippen molar-refractivity contribution in [2.24, 2.45) is 0 Å². The zero-order valence-electron chi connectivity index (χ0n) is 13.9. The number of aromatic nitrogens is 4. The number of rotatable bonds is 5. The van der Waals surface area contributed by atoms with Gasteiger partial charge in [-0.2, -0.15) is 5.26 Å². The minimum Gasteiger partial charge on any atom is -0.477 e. The van der Waals surface area contributed by atoms with E-state index >= 15 is 0 Å². The first-order valence-electron chi connectivity index (χ1n) is 8.21. The molecule has 0 aliphatic rings. The fraction of sp³-hybridized carbons (Fsp3) is 0.100. The smallest absolute Gasteiger partial charge is 0.220 e. The van der Waals surface area contributed by atoms with Crippen LogP contribution in [0.3, 0.4) is 0 Å². The summed E-state index contributed by atoms with van der Waals surface area (Å²) in [5, 5.41) is 17.4. The molecule has 2 aromatic carbocycles. The van der Waals surface area contributed by atoms with Crippen LogP contribution in [0.5, 0.6) is 5.88 Å². The summed E-state index contributed by atoms with van der Waals surface area (Å²) < 4.78 is 7.79. The van der Waals surface area contributed by atoms with Crippen LogP contribution < -0.4 is 4.74 Å². The topological polar surface area (TPSA) is 76.1 Å². The largest absolute Gasteiger partial charge is 0.477 e. The molecule has 0 aliphatic carbocycles. The molecule has 0 aliphatic heterocycles. The van der Waals surface area contributed by atoms with Crippen LogP contribution in [-0.2, 0) is 6.42 Å². The van der Waals surface area contributed by atoms with Gasteiger partial charge in [-0.25, -0.2) is 4.40 Å². The van der Waals surface area contributed by atoms with E-state index in [2.05, 4.69) is 33.4 Å². The van der Waals surface area contributed by atoms with Gasteiger partial charge in [0.05, 0.1) is 30.6 Å². The van der Waals surface area contributed by atoms with E-state index in [-0.39, 0.29) is 0 Å². The number of hydrogen-bond donors (Lipinski definition) is 0. The van der Waals surface area contributed by atoms with Crippen molar-refractivity contribution in [1.82, 2.24) is 19.6 Å². The third-order valence-corrected chi connectivity index (χ3v) is 4.04. The van der Waals surface area contributed by atoms with E-state index in [1.165, 1.54) is 5.56 Å². The van der Waals surface area contributed by atoms with Crippen molar-refractivity contribution in [2.45, 2.75) is 6.42 Å². The molecule has 6 heteroatoms. The number of nitrogens with zero attached hydrogens (tertiary/aromatic N) is 5. The Hall–Kier alpha value is -3.72. The molecule has 2 heterocycles. The number of hydrogen-bond acceptors (Lipinski definition) is 5. The molecule has 0 unspecified atom stereocenters. The van der Waals surface area contributed by atoms with Crippen molar-refractivity contribution in [3.8, 4) is 23.3 Å². The minimum atomic E-state index is 0.524. The summed E-state index contributed by atoms with van der Waals surface area (Å²) in [5.74, 6) is 1.24. The molecule has 2 aromatic heterocycles. The summed E-state index contributed by atoms with van der Waals surface area (Å²) in [6, 6.07) is 19.5. The summed E-state index contributed by atoms with van der Waals surface area (Å²) in [6.45, 7) is 0.524.